The van der Waals surface area contributed by atoms with Crippen LogP contribution in [0.2, 0.25) is 0 Å². The maximum atomic E-state index is 13.3. The Balaban J connectivity index is 1.97. The number of aromatic nitrogens is 1. The van der Waals surface area contributed by atoms with Crippen LogP contribution in [0, 0.1) is 5.82 Å². The van der Waals surface area contributed by atoms with Gasteiger partial charge in [-0.15, -0.1) is 0 Å². The Morgan fingerprint density at radius 2 is 1.46 bits per heavy atom. The molecule has 2 nitrogen and oxygen atoms in total. The van der Waals surface area contributed by atoms with Crippen molar-refractivity contribution >= 4 is 10.9 Å². The van der Waals surface area contributed by atoms with E-state index in [1.807, 2.05) is 36.4 Å². The van der Waals surface area contributed by atoms with E-state index in [4.69, 9.17) is 4.74 Å². The third-order valence-corrected chi connectivity index (χ3v) is 4.22. The summed E-state index contributed by atoms with van der Waals surface area (Å²) in [7, 11) is 1.66. The minimum atomic E-state index is -0.235. The van der Waals surface area contributed by atoms with Crippen molar-refractivity contribution in [2.75, 3.05) is 7.11 Å². The maximum absolute atomic E-state index is 13.3. The quantitative estimate of drug-likeness (QED) is 0.519. The second kappa shape index (κ2) is 5.85. The summed E-state index contributed by atoms with van der Waals surface area (Å²) >= 11 is 0. The number of hydrogen-bond acceptors (Lipinski definition) is 1. The highest BCUT2D eigenvalue weighted by Crippen LogP contribution is 2.38. The van der Waals surface area contributed by atoms with Crippen LogP contribution in [-0.2, 0) is 0 Å². The number of nitrogens with one attached hydrogen (secondary N) is 1. The van der Waals surface area contributed by atoms with E-state index in [0.29, 0.717) is 0 Å². The van der Waals surface area contributed by atoms with Crippen molar-refractivity contribution < 1.29 is 9.13 Å². The average molecular weight is 317 g/mol. The Morgan fingerprint density at radius 1 is 0.792 bits per heavy atom. The molecule has 1 aromatic heterocycles. The first kappa shape index (κ1) is 14.5. The van der Waals surface area contributed by atoms with Crippen molar-refractivity contribution in [1.29, 1.82) is 0 Å². The molecule has 118 valence electrons. The van der Waals surface area contributed by atoms with Gasteiger partial charge in [0, 0.05) is 16.5 Å². The summed E-state index contributed by atoms with van der Waals surface area (Å²) in [6.45, 7) is 0. The summed E-state index contributed by atoms with van der Waals surface area (Å²) in [6, 6.07) is 22.7. The van der Waals surface area contributed by atoms with Crippen molar-refractivity contribution in [3.8, 4) is 28.1 Å². The molecule has 24 heavy (non-hydrogen) atoms. The number of rotatable bonds is 3. The fraction of sp³-hybridized carbons (Fsp3) is 0.0476. The van der Waals surface area contributed by atoms with Crippen molar-refractivity contribution in [2.45, 2.75) is 0 Å². The van der Waals surface area contributed by atoms with E-state index in [0.717, 1.165) is 39.0 Å². The highest BCUT2D eigenvalue weighted by molar-refractivity contribution is 6.03. The van der Waals surface area contributed by atoms with Crippen LogP contribution in [0.15, 0.2) is 72.8 Å². The number of para-hydroxylation sites is 1. The molecule has 0 amide bonds. The zero-order valence-corrected chi connectivity index (χ0v) is 13.2. The number of methoxy groups -OCH3 is 1. The number of aromatic amines is 1. The molecule has 1 heterocycles. The van der Waals surface area contributed by atoms with E-state index in [1.165, 1.54) is 12.1 Å². The van der Waals surface area contributed by atoms with E-state index in [2.05, 4.69) is 17.1 Å². The van der Waals surface area contributed by atoms with E-state index in [1.54, 1.807) is 19.2 Å². The lowest BCUT2D eigenvalue weighted by Crippen LogP contribution is -1.85. The molecule has 0 aliphatic heterocycles. The summed E-state index contributed by atoms with van der Waals surface area (Å²) < 4.78 is 18.5. The maximum Gasteiger partial charge on any atom is 0.123 e. The predicted octanol–water partition coefficient (Wildman–Crippen LogP) is 5.65. The van der Waals surface area contributed by atoms with E-state index < -0.39 is 0 Å². The van der Waals surface area contributed by atoms with Crippen LogP contribution in [0.4, 0.5) is 4.39 Å². The van der Waals surface area contributed by atoms with Crippen molar-refractivity contribution in [1.82, 2.24) is 4.98 Å². The lowest BCUT2D eigenvalue weighted by atomic mass is 9.98. The number of benzene rings is 3. The van der Waals surface area contributed by atoms with Crippen LogP contribution in [0.5, 0.6) is 5.75 Å². The van der Waals surface area contributed by atoms with Crippen LogP contribution in [0.25, 0.3) is 33.3 Å². The molecule has 0 aliphatic carbocycles. The minimum Gasteiger partial charge on any atom is -0.497 e. The Labute approximate surface area is 139 Å². The van der Waals surface area contributed by atoms with Gasteiger partial charge < -0.3 is 9.72 Å². The van der Waals surface area contributed by atoms with E-state index >= 15 is 0 Å². The Kier molecular flexibility index (Phi) is 3.54. The highest BCUT2D eigenvalue weighted by Gasteiger charge is 2.15. The molecule has 4 aromatic rings. The minimum absolute atomic E-state index is 0.235. The number of fused-ring (bicyclic) bond motifs is 1. The first-order valence-corrected chi connectivity index (χ1v) is 7.77. The van der Waals surface area contributed by atoms with Gasteiger partial charge in [-0.3, -0.25) is 0 Å². The molecule has 0 aliphatic rings. The van der Waals surface area contributed by atoms with Crippen molar-refractivity contribution in [3.63, 3.8) is 0 Å². The third-order valence-electron chi connectivity index (χ3n) is 4.22. The summed E-state index contributed by atoms with van der Waals surface area (Å²) in [5, 5.41) is 1.14. The summed E-state index contributed by atoms with van der Waals surface area (Å²) in [6.07, 6.45) is 0. The summed E-state index contributed by atoms with van der Waals surface area (Å²) in [5.74, 6) is 0.586. The molecule has 0 unspecified atom stereocenters. The standard InChI is InChI=1S/C21H16FNO/c1-24-17-12-8-14(9-13-17)20-18-4-2-3-5-19(18)23-21(20)15-6-10-16(22)11-7-15/h2-13,23H,1H3. The van der Waals surface area contributed by atoms with Crippen LogP contribution in [-0.4, -0.2) is 12.1 Å². The molecule has 3 aromatic carbocycles. The first-order valence-electron chi connectivity index (χ1n) is 7.77. The smallest absolute Gasteiger partial charge is 0.123 e. The van der Waals surface area contributed by atoms with E-state index in [-0.39, 0.29) is 5.82 Å². The first-order chi connectivity index (χ1) is 11.8. The van der Waals surface area contributed by atoms with Gasteiger partial charge in [0.05, 0.1) is 12.8 Å². The van der Waals surface area contributed by atoms with Gasteiger partial charge in [-0.1, -0.05) is 30.3 Å². The van der Waals surface area contributed by atoms with Gasteiger partial charge in [0.25, 0.3) is 0 Å². The topological polar surface area (TPSA) is 25.0 Å². The van der Waals surface area contributed by atoms with Gasteiger partial charge in [0.2, 0.25) is 0 Å². The van der Waals surface area contributed by atoms with Gasteiger partial charge in [-0.2, -0.15) is 0 Å². The number of H-pyrrole nitrogens is 1. The normalized spacial score (nSPS) is 10.9. The number of halogens is 1. The Hall–Kier alpha value is -3.07. The Bertz CT molecular complexity index is 985. The van der Waals surface area contributed by atoms with Crippen molar-refractivity contribution in [2.24, 2.45) is 0 Å². The van der Waals surface area contributed by atoms with Gasteiger partial charge >= 0.3 is 0 Å². The molecule has 1 N–H and O–H groups in total. The lowest BCUT2D eigenvalue weighted by molar-refractivity contribution is 0.415. The zero-order chi connectivity index (χ0) is 16.5. The lowest BCUT2D eigenvalue weighted by Gasteiger charge is -2.07. The van der Waals surface area contributed by atoms with Gasteiger partial charge in [0.15, 0.2) is 0 Å². The number of hydrogen-bond donors (Lipinski definition) is 1. The molecule has 0 spiro atoms. The fourth-order valence-corrected chi connectivity index (χ4v) is 3.03. The van der Waals surface area contributed by atoms with Gasteiger partial charge in [-0.25, -0.2) is 4.39 Å². The van der Waals surface area contributed by atoms with Gasteiger partial charge in [-0.05, 0) is 53.6 Å². The molecule has 4 rings (SSSR count). The predicted molar refractivity (Wildman–Crippen MR) is 95.7 cm³/mol. The SMILES string of the molecule is COc1ccc(-c2c(-c3ccc(F)cc3)[nH]c3ccccc23)cc1. The number of ether oxygens (including phenoxy) is 1. The molecule has 0 saturated carbocycles. The fourth-order valence-electron chi connectivity index (χ4n) is 3.03. The molecular weight excluding hydrogens is 301 g/mol. The molecule has 3 heteroatoms. The average Bonchev–Trinajstić information content (AvgIpc) is 3.02. The molecule has 0 saturated heterocycles. The summed E-state index contributed by atoms with van der Waals surface area (Å²) in [4.78, 5) is 3.47. The van der Waals surface area contributed by atoms with Crippen LogP contribution in [0.3, 0.4) is 0 Å². The molecular formula is C21H16FNO. The Morgan fingerprint density at radius 3 is 2.17 bits per heavy atom. The third kappa shape index (κ3) is 2.44. The van der Waals surface area contributed by atoms with Crippen LogP contribution >= 0.6 is 0 Å². The van der Waals surface area contributed by atoms with Gasteiger partial charge in [0.1, 0.15) is 11.6 Å². The van der Waals surface area contributed by atoms with Crippen LogP contribution in [0.1, 0.15) is 0 Å². The van der Waals surface area contributed by atoms with E-state index in [9.17, 15) is 4.39 Å². The largest absolute Gasteiger partial charge is 0.497 e. The van der Waals surface area contributed by atoms with Crippen molar-refractivity contribution in [3.05, 3.63) is 78.6 Å². The highest BCUT2D eigenvalue weighted by atomic mass is 19.1. The second-order valence-corrected chi connectivity index (χ2v) is 5.66. The molecule has 0 fully saturated rings. The summed E-state index contributed by atoms with van der Waals surface area (Å²) in [5.41, 5.74) is 5.20. The molecule has 0 atom stereocenters. The monoisotopic (exact) mass is 317 g/mol. The molecule has 0 bridgehead atoms. The second-order valence-electron chi connectivity index (χ2n) is 5.66. The zero-order valence-electron chi connectivity index (χ0n) is 13.2. The molecule has 0 radical (unpaired) electrons. The van der Waals surface area contributed by atoms with Crippen LogP contribution < -0.4 is 4.74 Å².